The van der Waals surface area contributed by atoms with Gasteiger partial charge >= 0.3 is 0 Å². The Bertz CT molecular complexity index is 388. The molecule has 1 fully saturated rings. The summed E-state index contributed by atoms with van der Waals surface area (Å²) in [7, 11) is 2.04. The number of nitrogens with zero attached hydrogens (tertiary/aromatic N) is 1. The number of carbonyl (C=O) groups is 1. The van der Waals surface area contributed by atoms with E-state index >= 15 is 0 Å². The molecule has 0 saturated heterocycles. The maximum absolute atomic E-state index is 12.4. The van der Waals surface area contributed by atoms with Crippen molar-refractivity contribution in [2.24, 2.45) is 0 Å². The van der Waals surface area contributed by atoms with Crippen LogP contribution in [0.2, 0.25) is 0 Å². The van der Waals surface area contributed by atoms with Gasteiger partial charge in [-0.15, -0.1) is 0 Å². The molecular formula is C29H57NO. The highest BCUT2D eigenvalue weighted by molar-refractivity contribution is 5.76. The fourth-order valence-corrected chi connectivity index (χ4v) is 5.20. The summed E-state index contributed by atoms with van der Waals surface area (Å²) in [5.41, 5.74) is 0. The molecule has 0 aromatic heterocycles. The van der Waals surface area contributed by atoms with Crippen molar-refractivity contribution >= 4 is 5.91 Å². The van der Waals surface area contributed by atoms with Crippen LogP contribution >= 0.6 is 0 Å². The number of amides is 1. The zero-order chi connectivity index (χ0) is 22.4. The van der Waals surface area contributed by atoms with Crippen LogP contribution in [0.1, 0.15) is 167 Å². The van der Waals surface area contributed by atoms with E-state index in [9.17, 15) is 4.79 Å². The van der Waals surface area contributed by atoms with E-state index in [0.717, 1.165) is 12.8 Å². The largest absolute Gasteiger partial charge is 0.343 e. The summed E-state index contributed by atoms with van der Waals surface area (Å²) >= 11 is 0. The maximum Gasteiger partial charge on any atom is 0.222 e. The molecule has 0 atom stereocenters. The van der Waals surface area contributed by atoms with Crippen LogP contribution in [0, 0.1) is 0 Å². The Morgan fingerprint density at radius 1 is 0.581 bits per heavy atom. The van der Waals surface area contributed by atoms with Crippen molar-refractivity contribution in [3.05, 3.63) is 0 Å². The fourth-order valence-electron chi connectivity index (χ4n) is 5.20. The average molecular weight is 436 g/mol. The molecule has 1 aliphatic rings. The predicted molar refractivity (Wildman–Crippen MR) is 138 cm³/mol. The van der Waals surface area contributed by atoms with Gasteiger partial charge < -0.3 is 4.90 Å². The van der Waals surface area contributed by atoms with E-state index in [2.05, 4.69) is 11.8 Å². The standard InChI is InChI=1S/C29H57NO/c1-3-4-5-6-7-8-9-10-11-12-13-14-15-16-17-18-19-20-24-27-29(31)30(2)28-25-22-21-23-26-28/h28H,3-27H2,1-2H3. The molecule has 0 aromatic carbocycles. The SMILES string of the molecule is CCCCCCCCCCCCCCCCCCCCCC(=O)N(C)C1CCCCC1. The molecule has 0 spiro atoms. The molecule has 0 bridgehead atoms. The van der Waals surface area contributed by atoms with Crippen LogP contribution < -0.4 is 0 Å². The molecule has 1 aliphatic carbocycles. The second-order valence-corrected chi connectivity index (χ2v) is 10.4. The first-order chi connectivity index (χ1) is 15.3. The highest BCUT2D eigenvalue weighted by atomic mass is 16.2. The summed E-state index contributed by atoms with van der Waals surface area (Å²) < 4.78 is 0. The van der Waals surface area contributed by atoms with Crippen molar-refractivity contribution in [3.63, 3.8) is 0 Å². The second-order valence-electron chi connectivity index (χ2n) is 10.4. The van der Waals surface area contributed by atoms with Gasteiger partial charge in [0.25, 0.3) is 0 Å². The van der Waals surface area contributed by atoms with Gasteiger partial charge in [0.15, 0.2) is 0 Å². The highest BCUT2D eigenvalue weighted by Crippen LogP contribution is 2.22. The number of unbranched alkanes of at least 4 members (excludes halogenated alkanes) is 18. The Labute approximate surface area is 196 Å². The molecule has 0 radical (unpaired) electrons. The van der Waals surface area contributed by atoms with E-state index in [1.165, 1.54) is 148 Å². The van der Waals surface area contributed by atoms with Crippen LogP contribution in [0.3, 0.4) is 0 Å². The lowest BCUT2D eigenvalue weighted by atomic mass is 9.94. The maximum atomic E-state index is 12.4. The van der Waals surface area contributed by atoms with Gasteiger partial charge in [0.05, 0.1) is 0 Å². The van der Waals surface area contributed by atoms with E-state index in [1.54, 1.807) is 0 Å². The lowest BCUT2D eigenvalue weighted by Gasteiger charge is -2.31. The van der Waals surface area contributed by atoms with E-state index in [4.69, 9.17) is 0 Å². The quantitative estimate of drug-likeness (QED) is 0.164. The van der Waals surface area contributed by atoms with Gasteiger partial charge in [0.1, 0.15) is 0 Å². The normalized spacial score (nSPS) is 14.8. The molecule has 0 aliphatic heterocycles. The topological polar surface area (TPSA) is 20.3 Å². The Kier molecular flexibility index (Phi) is 19.6. The number of rotatable bonds is 21. The third kappa shape index (κ3) is 16.7. The summed E-state index contributed by atoms with van der Waals surface area (Å²) in [4.78, 5) is 14.4. The van der Waals surface area contributed by atoms with Crippen LogP contribution in [0.25, 0.3) is 0 Å². The van der Waals surface area contributed by atoms with Gasteiger partial charge in [-0.25, -0.2) is 0 Å². The summed E-state index contributed by atoms with van der Waals surface area (Å²) in [6.07, 6.45) is 33.8. The van der Waals surface area contributed by atoms with Crippen LogP contribution in [-0.2, 0) is 4.79 Å². The summed E-state index contributed by atoms with van der Waals surface area (Å²) in [5.74, 6) is 0.388. The Balaban J connectivity index is 1.74. The molecule has 31 heavy (non-hydrogen) atoms. The molecule has 1 amide bonds. The van der Waals surface area contributed by atoms with Gasteiger partial charge in [0.2, 0.25) is 5.91 Å². The number of hydrogen-bond acceptors (Lipinski definition) is 1. The fraction of sp³-hybridized carbons (Fsp3) is 0.966. The first-order valence-electron chi connectivity index (χ1n) is 14.5. The van der Waals surface area contributed by atoms with Crippen molar-refractivity contribution in [3.8, 4) is 0 Å². The summed E-state index contributed by atoms with van der Waals surface area (Å²) in [6, 6.07) is 0.529. The van der Waals surface area contributed by atoms with E-state index in [0.29, 0.717) is 11.9 Å². The van der Waals surface area contributed by atoms with Crippen molar-refractivity contribution in [1.82, 2.24) is 4.90 Å². The van der Waals surface area contributed by atoms with Crippen molar-refractivity contribution in [2.75, 3.05) is 7.05 Å². The molecule has 0 unspecified atom stereocenters. The van der Waals surface area contributed by atoms with E-state index in [-0.39, 0.29) is 0 Å². The van der Waals surface area contributed by atoms with Crippen LogP contribution in [0.4, 0.5) is 0 Å². The summed E-state index contributed by atoms with van der Waals surface area (Å²) in [6.45, 7) is 2.30. The lowest BCUT2D eigenvalue weighted by molar-refractivity contribution is -0.132. The second kappa shape index (κ2) is 21.3. The monoisotopic (exact) mass is 435 g/mol. The van der Waals surface area contributed by atoms with Gasteiger partial charge in [0, 0.05) is 19.5 Å². The zero-order valence-corrected chi connectivity index (χ0v) is 21.6. The highest BCUT2D eigenvalue weighted by Gasteiger charge is 2.21. The molecule has 2 heteroatoms. The third-order valence-electron chi connectivity index (χ3n) is 7.51. The first kappa shape index (κ1) is 28.5. The zero-order valence-electron chi connectivity index (χ0n) is 21.6. The minimum absolute atomic E-state index is 0.388. The molecule has 2 nitrogen and oxygen atoms in total. The van der Waals surface area contributed by atoms with Gasteiger partial charge in [-0.1, -0.05) is 142 Å². The van der Waals surface area contributed by atoms with Gasteiger partial charge in [-0.2, -0.15) is 0 Å². The average Bonchev–Trinajstić information content (AvgIpc) is 2.80. The predicted octanol–water partition coefficient (Wildman–Crippen LogP) is 9.60. The van der Waals surface area contributed by atoms with E-state index in [1.807, 2.05) is 7.05 Å². The number of carbonyl (C=O) groups excluding carboxylic acids is 1. The molecule has 1 saturated carbocycles. The number of hydrogen-bond donors (Lipinski definition) is 0. The molecule has 0 heterocycles. The van der Waals surface area contributed by atoms with Crippen molar-refractivity contribution in [1.29, 1.82) is 0 Å². The van der Waals surface area contributed by atoms with Crippen molar-refractivity contribution < 1.29 is 4.79 Å². The van der Waals surface area contributed by atoms with Crippen LogP contribution in [0.15, 0.2) is 0 Å². The molecule has 184 valence electrons. The Morgan fingerprint density at radius 2 is 0.935 bits per heavy atom. The Hall–Kier alpha value is -0.530. The minimum atomic E-state index is 0.388. The minimum Gasteiger partial charge on any atom is -0.343 e. The van der Waals surface area contributed by atoms with Crippen LogP contribution in [0.5, 0.6) is 0 Å². The third-order valence-corrected chi connectivity index (χ3v) is 7.51. The Morgan fingerprint density at radius 3 is 1.32 bits per heavy atom. The molecular weight excluding hydrogens is 378 g/mol. The molecule has 0 N–H and O–H groups in total. The van der Waals surface area contributed by atoms with Gasteiger partial charge in [-0.3, -0.25) is 4.79 Å². The molecule has 1 rings (SSSR count). The van der Waals surface area contributed by atoms with Crippen LogP contribution in [-0.4, -0.2) is 23.9 Å². The van der Waals surface area contributed by atoms with E-state index < -0.39 is 0 Å². The smallest absolute Gasteiger partial charge is 0.222 e. The summed E-state index contributed by atoms with van der Waals surface area (Å²) in [5, 5.41) is 0. The molecule has 0 aromatic rings. The first-order valence-corrected chi connectivity index (χ1v) is 14.5. The van der Waals surface area contributed by atoms with Gasteiger partial charge in [-0.05, 0) is 19.3 Å². The lowest BCUT2D eigenvalue weighted by Crippen LogP contribution is -2.38. The van der Waals surface area contributed by atoms with Crippen molar-refractivity contribution in [2.45, 2.75) is 173 Å².